The maximum absolute atomic E-state index is 10.5. The van der Waals surface area contributed by atoms with Crippen LogP contribution in [0.15, 0.2) is 10.6 Å². The van der Waals surface area contributed by atoms with Gasteiger partial charge in [0.05, 0.1) is 0 Å². The Morgan fingerprint density at radius 2 is 2.00 bits per heavy atom. The van der Waals surface area contributed by atoms with Gasteiger partial charge in [-0.25, -0.2) is 0 Å². The Morgan fingerprint density at radius 1 is 1.37 bits per heavy atom. The van der Waals surface area contributed by atoms with E-state index in [0.29, 0.717) is 11.5 Å². The predicted octanol–water partition coefficient (Wildman–Crippen LogP) is 3.61. The van der Waals surface area contributed by atoms with Gasteiger partial charge in [-0.3, -0.25) is 4.79 Å². The number of nitrogens with one attached hydrogen (secondary N) is 1. The predicted molar refractivity (Wildman–Crippen MR) is 78.5 cm³/mol. The van der Waals surface area contributed by atoms with Crippen molar-refractivity contribution in [2.45, 2.75) is 53.9 Å². The molecule has 0 bridgehead atoms. The lowest BCUT2D eigenvalue weighted by Crippen LogP contribution is -2.22. The Balaban J connectivity index is 0.000000342. The first-order valence-corrected chi connectivity index (χ1v) is 7.19. The molecule has 110 valence electrons. The minimum Gasteiger partial charge on any atom is -0.361 e. The van der Waals surface area contributed by atoms with E-state index in [0.717, 1.165) is 5.92 Å². The van der Waals surface area contributed by atoms with Gasteiger partial charge in [0.25, 0.3) is 0 Å². The van der Waals surface area contributed by atoms with Crippen molar-refractivity contribution in [3.8, 4) is 0 Å². The summed E-state index contributed by atoms with van der Waals surface area (Å²) < 4.78 is 4.65. The number of carbonyl (C=O) groups excluding carboxylic acids is 1. The minimum absolute atomic E-state index is 0.0631. The Labute approximate surface area is 116 Å². The number of ketones is 1. The third-order valence-corrected chi connectivity index (χ3v) is 3.00. The first-order chi connectivity index (χ1) is 9.04. The van der Waals surface area contributed by atoms with Crippen molar-refractivity contribution in [3.05, 3.63) is 17.5 Å². The molecule has 0 aliphatic carbocycles. The summed E-state index contributed by atoms with van der Waals surface area (Å²) in [5.41, 5.74) is 0.396. The van der Waals surface area contributed by atoms with Crippen LogP contribution in [0.3, 0.4) is 0 Å². The molecule has 4 heteroatoms. The number of aryl methyl sites for hydroxylation is 1. The summed E-state index contributed by atoms with van der Waals surface area (Å²) in [4.78, 5) is 10.5. The van der Waals surface area contributed by atoms with Crippen LogP contribution in [-0.2, 0) is 0 Å². The van der Waals surface area contributed by atoms with E-state index in [1.54, 1.807) is 13.0 Å². The monoisotopic (exact) mass is 268 g/mol. The van der Waals surface area contributed by atoms with Crippen LogP contribution in [0.25, 0.3) is 0 Å². The van der Waals surface area contributed by atoms with E-state index >= 15 is 0 Å². The van der Waals surface area contributed by atoms with Crippen LogP contribution in [0.1, 0.15) is 63.2 Å². The summed E-state index contributed by atoms with van der Waals surface area (Å²) >= 11 is 0. The smallest absolute Gasteiger partial charge is 0.181 e. The highest BCUT2D eigenvalue weighted by Crippen LogP contribution is 2.04. The number of rotatable bonds is 7. The highest BCUT2D eigenvalue weighted by Gasteiger charge is 2.03. The molecule has 1 aromatic heterocycles. The molecule has 4 nitrogen and oxygen atoms in total. The molecule has 19 heavy (non-hydrogen) atoms. The van der Waals surface area contributed by atoms with E-state index in [2.05, 4.69) is 35.8 Å². The molecule has 1 heterocycles. The molecular weight excluding hydrogens is 240 g/mol. The fraction of sp³-hybridized carbons (Fsp3) is 0.733. The third-order valence-electron chi connectivity index (χ3n) is 3.00. The van der Waals surface area contributed by atoms with Gasteiger partial charge in [-0.1, -0.05) is 38.8 Å². The van der Waals surface area contributed by atoms with E-state index < -0.39 is 0 Å². The molecule has 0 atom stereocenters. The van der Waals surface area contributed by atoms with Gasteiger partial charge in [-0.2, -0.15) is 0 Å². The standard InChI is InChI=1S/C9H21N.C6H7NO2/c1-4-7-10-8-9(5-2)6-3;1-4-3-6(5(2)8)7-9-4/h9-10H,4-8H2,1-3H3;3H,1-2H3. The summed E-state index contributed by atoms with van der Waals surface area (Å²) in [5, 5.41) is 6.93. The number of Topliss-reactive ketones (excluding diaryl/α,β-unsaturated/α-hetero) is 1. The van der Waals surface area contributed by atoms with Gasteiger partial charge in [0, 0.05) is 13.0 Å². The molecule has 1 aromatic rings. The molecule has 1 N–H and O–H groups in total. The largest absolute Gasteiger partial charge is 0.361 e. The lowest BCUT2D eigenvalue weighted by atomic mass is 10.0. The van der Waals surface area contributed by atoms with E-state index in [9.17, 15) is 4.79 Å². The number of carbonyl (C=O) groups is 1. The van der Waals surface area contributed by atoms with E-state index in [1.165, 1.54) is 39.3 Å². The zero-order valence-electron chi connectivity index (χ0n) is 13.0. The molecule has 1 rings (SSSR count). The van der Waals surface area contributed by atoms with Crippen LogP contribution < -0.4 is 5.32 Å². The summed E-state index contributed by atoms with van der Waals surface area (Å²) in [6.45, 7) is 12.3. The summed E-state index contributed by atoms with van der Waals surface area (Å²) in [6.07, 6.45) is 3.88. The van der Waals surface area contributed by atoms with Crippen LogP contribution in [0, 0.1) is 12.8 Å². The zero-order valence-corrected chi connectivity index (χ0v) is 13.0. The lowest BCUT2D eigenvalue weighted by molar-refractivity contribution is 0.100. The van der Waals surface area contributed by atoms with E-state index in [-0.39, 0.29) is 5.78 Å². The van der Waals surface area contributed by atoms with Crippen LogP contribution in [0.5, 0.6) is 0 Å². The molecule has 0 spiro atoms. The SMILES string of the molecule is CC(=O)c1cc(C)on1.CCCNCC(CC)CC. The summed E-state index contributed by atoms with van der Waals surface area (Å²) in [7, 11) is 0. The highest BCUT2D eigenvalue weighted by molar-refractivity contribution is 5.91. The number of nitrogens with zero attached hydrogens (tertiary/aromatic N) is 1. The van der Waals surface area contributed by atoms with E-state index in [4.69, 9.17) is 0 Å². The molecule has 0 saturated heterocycles. The van der Waals surface area contributed by atoms with Gasteiger partial charge >= 0.3 is 0 Å². The maximum Gasteiger partial charge on any atom is 0.181 e. The van der Waals surface area contributed by atoms with Gasteiger partial charge in [0.15, 0.2) is 5.78 Å². The van der Waals surface area contributed by atoms with Crippen molar-refractivity contribution < 1.29 is 9.32 Å². The van der Waals surface area contributed by atoms with Crippen molar-refractivity contribution in [2.24, 2.45) is 5.92 Å². The third kappa shape index (κ3) is 8.54. The minimum atomic E-state index is -0.0631. The van der Waals surface area contributed by atoms with Gasteiger partial charge in [0.2, 0.25) is 0 Å². The average Bonchev–Trinajstić information content (AvgIpc) is 2.83. The first kappa shape index (κ1) is 17.8. The van der Waals surface area contributed by atoms with Crippen molar-refractivity contribution in [1.29, 1.82) is 0 Å². The van der Waals surface area contributed by atoms with Crippen LogP contribution in [-0.4, -0.2) is 24.0 Å². The van der Waals surface area contributed by atoms with Crippen molar-refractivity contribution >= 4 is 5.78 Å². The highest BCUT2D eigenvalue weighted by atomic mass is 16.5. The van der Waals surface area contributed by atoms with Crippen molar-refractivity contribution in [2.75, 3.05) is 13.1 Å². The second-order valence-electron chi connectivity index (χ2n) is 4.77. The molecule has 0 aromatic carbocycles. The second-order valence-corrected chi connectivity index (χ2v) is 4.77. The Hall–Kier alpha value is -1.16. The average molecular weight is 268 g/mol. The Morgan fingerprint density at radius 3 is 2.32 bits per heavy atom. The molecule has 0 aliphatic rings. The summed E-state index contributed by atoms with van der Waals surface area (Å²) in [6, 6.07) is 1.61. The van der Waals surface area contributed by atoms with Crippen LogP contribution >= 0.6 is 0 Å². The molecular formula is C15H28N2O2. The Bertz CT molecular complexity index is 344. The molecule has 0 amide bonds. The molecule has 0 saturated carbocycles. The molecule has 0 aliphatic heterocycles. The van der Waals surface area contributed by atoms with Gasteiger partial charge in [0.1, 0.15) is 11.5 Å². The van der Waals surface area contributed by atoms with Crippen LogP contribution in [0.2, 0.25) is 0 Å². The molecule has 0 unspecified atom stereocenters. The molecule has 0 fully saturated rings. The van der Waals surface area contributed by atoms with E-state index in [1.807, 2.05) is 0 Å². The first-order valence-electron chi connectivity index (χ1n) is 7.19. The Kier molecular flexibility index (Phi) is 10.1. The fourth-order valence-corrected chi connectivity index (χ4v) is 1.59. The molecule has 0 radical (unpaired) electrons. The number of aromatic nitrogens is 1. The number of hydrogen-bond acceptors (Lipinski definition) is 4. The maximum atomic E-state index is 10.5. The summed E-state index contributed by atoms with van der Waals surface area (Å²) in [5.74, 6) is 1.50. The lowest BCUT2D eigenvalue weighted by Gasteiger charge is -2.11. The second kappa shape index (κ2) is 10.7. The van der Waals surface area contributed by atoms with Crippen LogP contribution in [0.4, 0.5) is 0 Å². The normalized spacial score (nSPS) is 10.2. The fourth-order valence-electron chi connectivity index (χ4n) is 1.59. The topological polar surface area (TPSA) is 55.1 Å². The van der Waals surface area contributed by atoms with Crippen molar-refractivity contribution in [3.63, 3.8) is 0 Å². The number of hydrogen-bond donors (Lipinski definition) is 1. The van der Waals surface area contributed by atoms with Gasteiger partial charge < -0.3 is 9.84 Å². The zero-order chi connectivity index (χ0) is 14.7. The quantitative estimate of drug-likeness (QED) is 0.606. The van der Waals surface area contributed by atoms with Gasteiger partial charge in [-0.15, -0.1) is 0 Å². The van der Waals surface area contributed by atoms with Gasteiger partial charge in [-0.05, 0) is 32.4 Å². The van der Waals surface area contributed by atoms with Crippen molar-refractivity contribution in [1.82, 2.24) is 10.5 Å².